The Morgan fingerprint density at radius 3 is 2.96 bits per heavy atom. The molecule has 0 aliphatic carbocycles. The van der Waals surface area contributed by atoms with Crippen LogP contribution in [0.3, 0.4) is 0 Å². The van der Waals surface area contributed by atoms with Gasteiger partial charge in [0.25, 0.3) is 5.91 Å². The monoisotopic (exact) mass is 476 g/mol. The molecular weight excluding hydrogens is 447 g/mol. The summed E-state index contributed by atoms with van der Waals surface area (Å²) in [6, 6.07) is 7.54. The van der Waals surface area contributed by atoms with Gasteiger partial charge in [-0.1, -0.05) is 12.1 Å². The van der Waals surface area contributed by atoms with Crippen LogP contribution in [0.1, 0.15) is 18.9 Å². The van der Waals surface area contributed by atoms with Gasteiger partial charge in [-0.05, 0) is 31.0 Å². The van der Waals surface area contributed by atoms with Gasteiger partial charge in [0.1, 0.15) is 5.75 Å². The van der Waals surface area contributed by atoms with Crippen molar-refractivity contribution in [3.63, 3.8) is 0 Å². The number of aliphatic imine (C=N–C) groups is 1. The lowest BCUT2D eigenvalue weighted by atomic mass is 10.1. The highest BCUT2D eigenvalue weighted by atomic mass is 127. The molecule has 8 heteroatoms. The number of primary amides is 1. The standard InChI is InChI=1S/C18H28N4O3.HI/c1-3-20-18(22(2)11-15-7-8-24-12-15)21-10-14-5-4-6-16(9-14)25-13-17(19)23;/h4-6,9,15H,3,7-8,10-13H2,1-2H3,(H2,19,23)(H,20,21);1H. The number of nitrogens with zero attached hydrogens (tertiary/aromatic N) is 2. The predicted octanol–water partition coefficient (Wildman–Crippen LogP) is 1.60. The Morgan fingerprint density at radius 1 is 1.50 bits per heavy atom. The quantitative estimate of drug-likeness (QED) is 0.338. The van der Waals surface area contributed by atoms with E-state index in [1.807, 2.05) is 25.2 Å². The van der Waals surface area contributed by atoms with Crippen molar-refractivity contribution in [3.05, 3.63) is 29.8 Å². The number of halogens is 1. The number of carbonyl (C=O) groups excluding carboxylic acids is 1. The molecule has 0 aromatic heterocycles. The van der Waals surface area contributed by atoms with Gasteiger partial charge in [-0.3, -0.25) is 4.79 Å². The van der Waals surface area contributed by atoms with Gasteiger partial charge < -0.3 is 25.4 Å². The van der Waals surface area contributed by atoms with Crippen molar-refractivity contribution in [2.45, 2.75) is 19.9 Å². The second-order valence-electron chi connectivity index (χ2n) is 6.18. The molecule has 0 radical (unpaired) electrons. The Morgan fingerprint density at radius 2 is 2.31 bits per heavy atom. The van der Waals surface area contributed by atoms with E-state index in [1.54, 1.807) is 6.07 Å². The van der Waals surface area contributed by atoms with Gasteiger partial charge in [-0.15, -0.1) is 24.0 Å². The maximum Gasteiger partial charge on any atom is 0.255 e. The van der Waals surface area contributed by atoms with Crippen LogP contribution in [-0.2, 0) is 16.1 Å². The van der Waals surface area contributed by atoms with Gasteiger partial charge in [0.2, 0.25) is 0 Å². The Hall–Kier alpha value is -1.55. The van der Waals surface area contributed by atoms with Gasteiger partial charge in [0.15, 0.2) is 12.6 Å². The van der Waals surface area contributed by atoms with E-state index in [2.05, 4.69) is 17.1 Å². The van der Waals surface area contributed by atoms with Crippen LogP contribution in [0, 0.1) is 5.92 Å². The van der Waals surface area contributed by atoms with Crippen LogP contribution in [0.15, 0.2) is 29.3 Å². The number of guanidine groups is 1. The van der Waals surface area contributed by atoms with Gasteiger partial charge in [-0.25, -0.2) is 4.99 Å². The third-order valence-electron chi connectivity index (χ3n) is 3.94. The van der Waals surface area contributed by atoms with E-state index in [0.29, 0.717) is 18.2 Å². The molecule has 1 aromatic carbocycles. The second kappa shape index (κ2) is 11.9. The molecule has 1 saturated heterocycles. The third-order valence-corrected chi connectivity index (χ3v) is 3.94. The summed E-state index contributed by atoms with van der Waals surface area (Å²) >= 11 is 0. The van der Waals surface area contributed by atoms with Gasteiger partial charge in [0.05, 0.1) is 13.2 Å². The topological polar surface area (TPSA) is 89.2 Å². The molecule has 1 atom stereocenters. The van der Waals surface area contributed by atoms with Crippen LogP contribution in [-0.4, -0.2) is 56.7 Å². The van der Waals surface area contributed by atoms with Crippen molar-refractivity contribution in [2.24, 2.45) is 16.6 Å². The number of amides is 1. The molecule has 0 bridgehead atoms. The smallest absolute Gasteiger partial charge is 0.255 e. The highest BCUT2D eigenvalue weighted by molar-refractivity contribution is 14.0. The number of rotatable bonds is 8. The van der Waals surface area contributed by atoms with E-state index in [-0.39, 0.29) is 30.6 Å². The highest BCUT2D eigenvalue weighted by Crippen LogP contribution is 2.15. The van der Waals surface area contributed by atoms with E-state index in [1.165, 1.54) is 0 Å². The first kappa shape index (κ1) is 22.5. The van der Waals surface area contributed by atoms with Crippen LogP contribution in [0.25, 0.3) is 0 Å². The van der Waals surface area contributed by atoms with E-state index in [9.17, 15) is 4.79 Å². The maximum absolute atomic E-state index is 10.8. The molecule has 1 aromatic rings. The molecule has 1 aliphatic heterocycles. The lowest BCUT2D eigenvalue weighted by molar-refractivity contribution is -0.119. The molecule has 1 unspecified atom stereocenters. The zero-order valence-electron chi connectivity index (χ0n) is 15.4. The summed E-state index contributed by atoms with van der Waals surface area (Å²) in [5.41, 5.74) is 6.11. The largest absolute Gasteiger partial charge is 0.484 e. The minimum absolute atomic E-state index is 0. The van der Waals surface area contributed by atoms with E-state index < -0.39 is 5.91 Å². The summed E-state index contributed by atoms with van der Waals surface area (Å²) in [5.74, 6) is 1.56. The molecule has 7 nitrogen and oxygen atoms in total. The molecule has 146 valence electrons. The number of carbonyl (C=O) groups is 1. The highest BCUT2D eigenvalue weighted by Gasteiger charge is 2.19. The number of nitrogens with one attached hydrogen (secondary N) is 1. The fraction of sp³-hybridized carbons (Fsp3) is 0.556. The third kappa shape index (κ3) is 7.77. The Kier molecular flexibility index (Phi) is 10.3. The molecule has 2 rings (SSSR count). The molecule has 1 heterocycles. The van der Waals surface area contributed by atoms with Crippen LogP contribution in [0.4, 0.5) is 0 Å². The second-order valence-corrected chi connectivity index (χ2v) is 6.18. The first-order chi connectivity index (χ1) is 12.1. The van der Waals surface area contributed by atoms with Crippen molar-refractivity contribution in [1.29, 1.82) is 0 Å². The average Bonchev–Trinajstić information content (AvgIpc) is 3.10. The van der Waals surface area contributed by atoms with E-state index in [4.69, 9.17) is 20.2 Å². The molecular formula is C18H29IN4O3. The maximum atomic E-state index is 10.8. The number of ether oxygens (including phenoxy) is 2. The van der Waals surface area contributed by atoms with E-state index in [0.717, 1.165) is 44.2 Å². The van der Waals surface area contributed by atoms with Crippen molar-refractivity contribution in [1.82, 2.24) is 10.2 Å². The number of benzene rings is 1. The van der Waals surface area contributed by atoms with Crippen LogP contribution < -0.4 is 15.8 Å². The number of hydrogen-bond acceptors (Lipinski definition) is 4. The number of hydrogen-bond donors (Lipinski definition) is 2. The zero-order chi connectivity index (χ0) is 18.1. The summed E-state index contributed by atoms with van der Waals surface area (Å²) in [6.07, 6.45) is 1.10. The zero-order valence-corrected chi connectivity index (χ0v) is 17.8. The van der Waals surface area contributed by atoms with Crippen molar-refractivity contribution < 1.29 is 14.3 Å². The first-order valence-corrected chi connectivity index (χ1v) is 8.65. The van der Waals surface area contributed by atoms with Gasteiger partial charge >= 0.3 is 0 Å². The molecule has 3 N–H and O–H groups in total. The Bertz CT molecular complexity index is 592. The normalized spacial score (nSPS) is 16.7. The SMILES string of the molecule is CCNC(=NCc1cccc(OCC(N)=O)c1)N(C)CC1CCOC1.I. The van der Waals surface area contributed by atoms with Gasteiger partial charge in [0, 0.05) is 32.7 Å². The average molecular weight is 476 g/mol. The Balaban J connectivity index is 0.00000338. The first-order valence-electron chi connectivity index (χ1n) is 8.65. The van der Waals surface area contributed by atoms with Gasteiger partial charge in [-0.2, -0.15) is 0 Å². The fourth-order valence-corrected chi connectivity index (χ4v) is 2.73. The number of nitrogens with two attached hydrogens (primary N) is 1. The van der Waals surface area contributed by atoms with E-state index >= 15 is 0 Å². The van der Waals surface area contributed by atoms with Crippen molar-refractivity contribution in [2.75, 3.05) is 40.0 Å². The lowest BCUT2D eigenvalue weighted by Gasteiger charge is -2.24. The minimum Gasteiger partial charge on any atom is -0.484 e. The summed E-state index contributed by atoms with van der Waals surface area (Å²) < 4.78 is 10.8. The van der Waals surface area contributed by atoms with Crippen molar-refractivity contribution in [3.8, 4) is 5.75 Å². The van der Waals surface area contributed by atoms with Crippen LogP contribution in [0.2, 0.25) is 0 Å². The molecule has 1 amide bonds. The van der Waals surface area contributed by atoms with Crippen molar-refractivity contribution >= 4 is 35.8 Å². The van der Waals surface area contributed by atoms with Crippen LogP contribution >= 0.6 is 24.0 Å². The van der Waals surface area contributed by atoms with Crippen LogP contribution in [0.5, 0.6) is 5.75 Å². The molecule has 1 aliphatic rings. The summed E-state index contributed by atoms with van der Waals surface area (Å²) in [6.45, 7) is 5.87. The molecule has 26 heavy (non-hydrogen) atoms. The minimum atomic E-state index is -0.490. The lowest BCUT2D eigenvalue weighted by Crippen LogP contribution is -2.41. The fourth-order valence-electron chi connectivity index (χ4n) is 2.73. The Labute approximate surface area is 172 Å². The molecule has 1 fully saturated rings. The summed E-state index contributed by atoms with van der Waals surface area (Å²) in [5, 5.41) is 3.32. The summed E-state index contributed by atoms with van der Waals surface area (Å²) in [7, 11) is 2.05. The molecule has 0 saturated carbocycles. The summed E-state index contributed by atoms with van der Waals surface area (Å²) in [4.78, 5) is 17.7. The predicted molar refractivity (Wildman–Crippen MR) is 113 cm³/mol. The molecule has 0 spiro atoms.